The number of nitrogens with one attached hydrogen (secondary N) is 1. The van der Waals surface area contributed by atoms with Crippen LogP contribution in [0.25, 0.3) is 0 Å². The minimum atomic E-state index is -4.71. The van der Waals surface area contributed by atoms with Gasteiger partial charge in [0.2, 0.25) is 11.4 Å². The number of esters is 1. The lowest BCUT2D eigenvalue weighted by molar-refractivity contribution is -0.155. The molecule has 3 rings (SSSR count). The van der Waals surface area contributed by atoms with E-state index >= 15 is 0 Å². The number of carbonyl (C=O) groups excluding carboxylic acids is 1. The molecule has 15 nitrogen and oxygen atoms in total. The monoisotopic (exact) mass is 596 g/mol. The van der Waals surface area contributed by atoms with Crippen LogP contribution in [-0.4, -0.2) is 52.0 Å². The van der Waals surface area contributed by atoms with Crippen LogP contribution in [0.3, 0.4) is 0 Å². The standard InChI is InChI=1S/C24H26FN4O11P/c1-5-11-24(28-34)19(27-33)18(38-22(24)29-12-17(25)20(30)26-23(29)32)13-36-41(35,40-16-9-7-6-8-10-16)39-15(4)21(31)37-14(2)3/h6-10,12,14-15,18-19,22H,13H2,1-4H3,(H,26,30,32)/t15-,18+,19?,22+,24+,41-/m0/s1. The summed E-state index contributed by atoms with van der Waals surface area (Å²) in [5.41, 5.74) is -4.96. The molecule has 0 radical (unpaired) electrons. The van der Waals surface area contributed by atoms with Gasteiger partial charge in [-0.25, -0.2) is 14.2 Å². The molecule has 1 N–H and O–H groups in total. The summed E-state index contributed by atoms with van der Waals surface area (Å²) in [6.07, 6.45) is -4.99. The van der Waals surface area contributed by atoms with Crippen molar-refractivity contribution < 1.29 is 36.8 Å². The second-order valence-electron chi connectivity index (χ2n) is 8.89. The van der Waals surface area contributed by atoms with Gasteiger partial charge in [-0.2, -0.15) is 9.30 Å². The van der Waals surface area contributed by atoms with E-state index in [-0.39, 0.29) is 5.75 Å². The number of aromatic nitrogens is 2. The van der Waals surface area contributed by atoms with Crippen molar-refractivity contribution in [3.63, 3.8) is 0 Å². The Bertz CT molecular complexity index is 1500. The van der Waals surface area contributed by atoms with Gasteiger partial charge in [0.05, 0.1) is 18.9 Å². The molecule has 1 aromatic heterocycles. The zero-order valence-corrected chi connectivity index (χ0v) is 23.1. The summed E-state index contributed by atoms with van der Waals surface area (Å²) in [5, 5.41) is 5.79. The van der Waals surface area contributed by atoms with Crippen LogP contribution >= 0.6 is 7.82 Å². The molecule has 1 aliphatic heterocycles. The van der Waals surface area contributed by atoms with Crippen molar-refractivity contribution in [3.05, 3.63) is 73.0 Å². The van der Waals surface area contributed by atoms with Crippen molar-refractivity contribution in [2.24, 2.45) is 10.4 Å². The number of halogens is 1. The molecule has 17 heteroatoms. The first-order chi connectivity index (χ1) is 19.4. The minimum absolute atomic E-state index is 0.0200. The van der Waals surface area contributed by atoms with E-state index in [2.05, 4.69) is 22.2 Å². The molecule has 0 bridgehead atoms. The molecule has 1 aliphatic rings. The van der Waals surface area contributed by atoms with E-state index < -0.39 is 73.6 Å². The second kappa shape index (κ2) is 13.1. The van der Waals surface area contributed by atoms with E-state index in [1.807, 2.05) is 0 Å². The van der Waals surface area contributed by atoms with Crippen molar-refractivity contribution in [3.8, 4) is 17.6 Å². The predicted octanol–water partition coefficient (Wildman–Crippen LogP) is 2.80. The van der Waals surface area contributed by atoms with Gasteiger partial charge < -0.3 is 14.0 Å². The van der Waals surface area contributed by atoms with Gasteiger partial charge in [0, 0.05) is 0 Å². The summed E-state index contributed by atoms with van der Waals surface area (Å²) in [5.74, 6) is 2.50. The van der Waals surface area contributed by atoms with E-state index in [1.165, 1.54) is 26.0 Å². The quantitative estimate of drug-likeness (QED) is 0.164. The first-order valence-electron chi connectivity index (χ1n) is 12.0. The summed E-state index contributed by atoms with van der Waals surface area (Å²) in [6, 6.07) is 5.81. The highest BCUT2D eigenvalue weighted by Crippen LogP contribution is 2.52. The van der Waals surface area contributed by atoms with E-state index in [4.69, 9.17) is 23.0 Å². The number of phosphoric acid groups is 1. The summed E-state index contributed by atoms with van der Waals surface area (Å²) in [7, 11) is -4.71. The molecule has 6 atom stereocenters. The van der Waals surface area contributed by atoms with Gasteiger partial charge in [-0.3, -0.25) is 23.4 Å². The lowest BCUT2D eigenvalue weighted by Gasteiger charge is -2.24. The number of hydrogen-bond acceptors (Lipinski definition) is 13. The highest BCUT2D eigenvalue weighted by atomic mass is 31.2. The van der Waals surface area contributed by atoms with Gasteiger partial charge >= 0.3 is 19.5 Å². The fraction of sp³-hybridized carbons (Fsp3) is 0.458. The number of aromatic amines is 1. The number of para-hydroxylation sites is 1. The summed E-state index contributed by atoms with van der Waals surface area (Å²) in [6.45, 7) is 4.87. The molecular formula is C24H26FN4O11P. The minimum Gasteiger partial charge on any atom is -0.461 e. The zero-order chi connectivity index (χ0) is 30.4. The number of H-pyrrole nitrogens is 1. The SMILES string of the molecule is CC#C[C@@]1(N=O)C(N=O)[C@@H](CO[P@](=O)(Oc2ccccc2)O[C@@H](C)C(=O)OC(C)C)O[C@H]1n1cc(F)c(=O)[nH]c1=O. The van der Waals surface area contributed by atoms with Crippen LogP contribution in [0.15, 0.2) is 56.5 Å². The molecule has 1 saturated heterocycles. The number of rotatable bonds is 12. The Labute approximate surface area is 231 Å². The Hall–Kier alpha value is -4.03. The van der Waals surface area contributed by atoms with E-state index in [1.54, 1.807) is 37.0 Å². The summed E-state index contributed by atoms with van der Waals surface area (Å²) < 4.78 is 55.1. The molecule has 0 spiro atoms. The fourth-order valence-corrected chi connectivity index (χ4v) is 5.18. The maximum absolute atomic E-state index is 14.1. The van der Waals surface area contributed by atoms with Crippen molar-refractivity contribution in [1.29, 1.82) is 0 Å². The number of benzene rings is 1. The molecule has 41 heavy (non-hydrogen) atoms. The van der Waals surface area contributed by atoms with Gasteiger partial charge in [0.15, 0.2) is 18.4 Å². The summed E-state index contributed by atoms with van der Waals surface area (Å²) in [4.78, 5) is 62.1. The van der Waals surface area contributed by atoms with Crippen molar-refractivity contribution in [2.75, 3.05) is 6.61 Å². The van der Waals surface area contributed by atoms with Crippen molar-refractivity contribution in [1.82, 2.24) is 9.55 Å². The average molecular weight is 596 g/mol. The average Bonchev–Trinajstić information content (AvgIpc) is 3.23. The first kappa shape index (κ1) is 31.5. The fourth-order valence-electron chi connectivity index (χ4n) is 3.84. The highest BCUT2D eigenvalue weighted by molar-refractivity contribution is 7.49. The smallest absolute Gasteiger partial charge is 0.461 e. The molecule has 1 fully saturated rings. The lowest BCUT2D eigenvalue weighted by Crippen LogP contribution is -2.46. The number of phosphoric ester groups is 1. The number of carbonyl (C=O) groups is 1. The molecule has 1 aromatic carbocycles. The van der Waals surface area contributed by atoms with Crippen LogP contribution in [0.1, 0.15) is 33.9 Å². The molecule has 0 amide bonds. The zero-order valence-electron chi connectivity index (χ0n) is 22.2. The molecule has 0 saturated carbocycles. The largest absolute Gasteiger partial charge is 0.530 e. The van der Waals surface area contributed by atoms with Crippen LogP contribution in [0.2, 0.25) is 0 Å². The molecule has 0 aliphatic carbocycles. The maximum Gasteiger partial charge on any atom is 0.530 e. The van der Waals surface area contributed by atoms with Crippen LogP contribution in [-0.2, 0) is 27.9 Å². The number of nitroso groups, excluding NO2 is 2. The van der Waals surface area contributed by atoms with Gasteiger partial charge in [0.25, 0.3) is 5.56 Å². The van der Waals surface area contributed by atoms with Crippen LogP contribution in [0, 0.1) is 27.5 Å². The Morgan fingerprint density at radius 1 is 1.24 bits per heavy atom. The predicted molar refractivity (Wildman–Crippen MR) is 139 cm³/mol. The van der Waals surface area contributed by atoms with E-state index in [0.29, 0.717) is 10.8 Å². The molecular weight excluding hydrogens is 570 g/mol. The lowest BCUT2D eigenvalue weighted by atomic mass is 9.89. The number of nitrogens with zero attached hydrogens (tertiary/aromatic N) is 3. The molecule has 2 aromatic rings. The van der Waals surface area contributed by atoms with Crippen molar-refractivity contribution >= 4 is 13.8 Å². The topological polar surface area (TPSA) is 194 Å². The third kappa shape index (κ3) is 7.01. The van der Waals surface area contributed by atoms with Crippen LogP contribution in [0.4, 0.5) is 4.39 Å². The Morgan fingerprint density at radius 2 is 1.93 bits per heavy atom. The first-order valence-corrected chi connectivity index (χ1v) is 13.5. The molecule has 2 heterocycles. The number of hydrogen-bond donors (Lipinski definition) is 1. The molecule has 1 unspecified atom stereocenters. The Morgan fingerprint density at radius 3 is 2.51 bits per heavy atom. The third-order valence-corrected chi connectivity index (χ3v) is 7.05. The van der Waals surface area contributed by atoms with Crippen molar-refractivity contribution in [2.45, 2.75) is 63.8 Å². The highest BCUT2D eigenvalue weighted by Gasteiger charge is 2.61. The van der Waals surface area contributed by atoms with E-state index in [0.717, 1.165) is 0 Å². The van der Waals surface area contributed by atoms with Gasteiger partial charge in [-0.05, 0) is 45.0 Å². The maximum atomic E-state index is 14.1. The Kier molecular flexibility index (Phi) is 10.1. The third-order valence-electron chi connectivity index (χ3n) is 5.58. The van der Waals surface area contributed by atoms with E-state index in [9.17, 15) is 33.2 Å². The van der Waals surface area contributed by atoms with Gasteiger partial charge in [-0.1, -0.05) is 29.3 Å². The van der Waals surface area contributed by atoms with Gasteiger partial charge in [-0.15, -0.1) is 10.8 Å². The Balaban J connectivity index is 1.97. The molecule has 220 valence electrons. The van der Waals surface area contributed by atoms with Crippen LogP contribution in [0.5, 0.6) is 5.75 Å². The second-order valence-corrected chi connectivity index (χ2v) is 10.4. The summed E-state index contributed by atoms with van der Waals surface area (Å²) >= 11 is 0. The van der Waals surface area contributed by atoms with Crippen LogP contribution < -0.4 is 15.8 Å². The normalized spacial score (nSPS) is 24.0. The number of ether oxygens (including phenoxy) is 2. The van der Waals surface area contributed by atoms with Gasteiger partial charge in [0.1, 0.15) is 11.9 Å².